The van der Waals surface area contributed by atoms with Crippen molar-refractivity contribution < 1.29 is 0 Å². The molecule has 13 rings (SSSR count). The number of fused-ring (bicyclic) bond motifs is 13. The first-order chi connectivity index (χ1) is 30.7. The number of nitrogens with zero attached hydrogens (tertiary/aromatic N) is 3. The Bertz CT molecular complexity index is 3520. The van der Waals surface area contributed by atoms with Crippen LogP contribution in [-0.4, -0.2) is 15.0 Å². The fourth-order valence-corrected chi connectivity index (χ4v) is 11.4. The van der Waals surface area contributed by atoms with Crippen molar-refractivity contribution in [2.45, 2.75) is 5.41 Å². The topological polar surface area (TPSA) is 38.7 Å². The lowest BCUT2D eigenvalue weighted by Crippen LogP contribution is -2.25. The zero-order chi connectivity index (χ0) is 40.8. The van der Waals surface area contributed by atoms with Gasteiger partial charge in [0.1, 0.15) is 0 Å². The van der Waals surface area contributed by atoms with E-state index in [2.05, 4.69) is 194 Å². The summed E-state index contributed by atoms with van der Waals surface area (Å²) in [7, 11) is 0. The minimum atomic E-state index is -0.433. The highest BCUT2D eigenvalue weighted by Crippen LogP contribution is 2.63. The van der Waals surface area contributed by atoms with E-state index in [9.17, 15) is 0 Å². The van der Waals surface area contributed by atoms with Crippen LogP contribution in [0.25, 0.3) is 98.7 Å². The molecule has 0 saturated heterocycles. The first-order valence-corrected chi connectivity index (χ1v) is 21.9. The zero-order valence-corrected chi connectivity index (χ0v) is 34.3. The summed E-state index contributed by atoms with van der Waals surface area (Å²) < 4.78 is 2.59. The van der Waals surface area contributed by atoms with Crippen molar-refractivity contribution in [1.29, 1.82) is 0 Å². The van der Waals surface area contributed by atoms with E-state index in [-0.39, 0.29) is 0 Å². The summed E-state index contributed by atoms with van der Waals surface area (Å²) in [6.07, 6.45) is 1.89. The molecule has 0 fully saturated rings. The molecule has 2 aliphatic carbocycles. The SMILES string of the molecule is c1ccc(-c2nc(-c3ccc(-c4cccnc4-c4ccc5sc6ccccc6c5c4)cc3)cc(-c3ccc4c(c3)C3(c5ccccc5-c5ccccc53)c3ccccc3-4)n2)cc1. The van der Waals surface area contributed by atoms with Crippen LogP contribution in [0.3, 0.4) is 0 Å². The van der Waals surface area contributed by atoms with E-state index in [1.165, 1.54) is 64.7 Å². The first kappa shape index (κ1) is 35.0. The zero-order valence-electron chi connectivity index (χ0n) is 33.5. The Morgan fingerprint density at radius 3 is 1.61 bits per heavy atom. The van der Waals surface area contributed by atoms with Gasteiger partial charge in [0.15, 0.2) is 5.82 Å². The number of benzene rings is 8. The molecule has 0 saturated carbocycles. The Balaban J connectivity index is 0.939. The van der Waals surface area contributed by atoms with Crippen molar-refractivity contribution in [1.82, 2.24) is 15.0 Å². The highest BCUT2D eigenvalue weighted by Gasteiger charge is 2.51. The van der Waals surface area contributed by atoms with Gasteiger partial charge < -0.3 is 0 Å². The number of pyridine rings is 1. The second-order valence-electron chi connectivity index (χ2n) is 16.3. The summed E-state index contributed by atoms with van der Waals surface area (Å²) >= 11 is 1.84. The van der Waals surface area contributed by atoms with Crippen LogP contribution in [0.1, 0.15) is 22.3 Å². The van der Waals surface area contributed by atoms with Gasteiger partial charge in [-0.3, -0.25) is 4.98 Å². The Kier molecular flexibility index (Phi) is 7.69. The van der Waals surface area contributed by atoms with E-state index in [0.29, 0.717) is 5.82 Å². The molecule has 8 aromatic carbocycles. The maximum absolute atomic E-state index is 5.31. The van der Waals surface area contributed by atoms with Gasteiger partial charge in [-0.1, -0.05) is 170 Å². The third-order valence-electron chi connectivity index (χ3n) is 13.0. The maximum Gasteiger partial charge on any atom is 0.160 e. The molecule has 0 amide bonds. The molecule has 288 valence electrons. The van der Waals surface area contributed by atoms with E-state index < -0.39 is 5.41 Å². The fourth-order valence-electron chi connectivity index (χ4n) is 10.3. The monoisotopic (exact) mass is 805 g/mol. The standard InChI is InChI=1S/C58H35N3S/c1-2-13-38(14-3-1)57-60-52(37-26-24-36(25-27-37)41-19-12-32-59-56(41)40-29-31-55-47(33-40)46-18-7-11-23-54(46)62-55)35-53(61-57)39-28-30-45-44-17-6-10-22-50(44)58(51(45)34-39)48-20-8-4-15-42(48)43-16-5-9-21-49(43)58/h1-35H. The molecule has 0 aliphatic heterocycles. The fraction of sp³-hybridized carbons (Fsp3) is 0.0172. The van der Waals surface area contributed by atoms with Gasteiger partial charge in [0.25, 0.3) is 0 Å². The van der Waals surface area contributed by atoms with Crippen LogP contribution >= 0.6 is 11.3 Å². The van der Waals surface area contributed by atoms with Gasteiger partial charge in [-0.2, -0.15) is 0 Å². The van der Waals surface area contributed by atoms with E-state index in [4.69, 9.17) is 15.0 Å². The van der Waals surface area contributed by atoms with E-state index >= 15 is 0 Å². The van der Waals surface area contributed by atoms with Crippen molar-refractivity contribution in [2.24, 2.45) is 0 Å². The average Bonchev–Trinajstić information content (AvgIpc) is 3.98. The number of hydrogen-bond acceptors (Lipinski definition) is 4. The molecule has 3 nitrogen and oxygen atoms in total. The lowest BCUT2D eigenvalue weighted by atomic mass is 9.70. The number of aromatic nitrogens is 3. The van der Waals surface area contributed by atoms with Gasteiger partial charge in [0.05, 0.1) is 22.5 Å². The van der Waals surface area contributed by atoms with Crippen LogP contribution in [0.2, 0.25) is 0 Å². The van der Waals surface area contributed by atoms with E-state index in [1.807, 2.05) is 29.7 Å². The van der Waals surface area contributed by atoms with Gasteiger partial charge in [-0.05, 0) is 86.5 Å². The molecule has 62 heavy (non-hydrogen) atoms. The van der Waals surface area contributed by atoms with Gasteiger partial charge in [-0.15, -0.1) is 11.3 Å². The molecule has 0 unspecified atom stereocenters. The molecule has 0 radical (unpaired) electrons. The van der Waals surface area contributed by atoms with Crippen molar-refractivity contribution in [2.75, 3.05) is 0 Å². The lowest BCUT2D eigenvalue weighted by molar-refractivity contribution is 0.794. The van der Waals surface area contributed by atoms with E-state index in [0.717, 1.165) is 50.5 Å². The van der Waals surface area contributed by atoms with Gasteiger partial charge in [-0.25, -0.2) is 9.97 Å². The molecule has 1 spiro atoms. The molecule has 3 heterocycles. The second-order valence-corrected chi connectivity index (χ2v) is 17.3. The molecular weight excluding hydrogens is 771 g/mol. The first-order valence-electron chi connectivity index (χ1n) is 21.1. The largest absolute Gasteiger partial charge is 0.256 e. The van der Waals surface area contributed by atoms with Crippen LogP contribution in [0, 0.1) is 0 Å². The third kappa shape index (κ3) is 5.14. The summed E-state index contributed by atoms with van der Waals surface area (Å²) in [6, 6.07) is 74.6. The molecule has 3 aromatic heterocycles. The second kappa shape index (κ2) is 13.6. The minimum Gasteiger partial charge on any atom is -0.256 e. The van der Waals surface area contributed by atoms with Gasteiger partial charge in [0.2, 0.25) is 0 Å². The smallest absolute Gasteiger partial charge is 0.160 e. The molecule has 0 atom stereocenters. The van der Waals surface area contributed by atoms with Crippen molar-refractivity contribution in [3.8, 4) is 78.5 Å². The normalized spacial score (nSPS) is 13.0. The number of thiophene rings is 1. The van der Waals surface area contributed by atoms with Gasteiger partial charge in [0, 0.05) is 54.2 Å². The summed E-state index contributed by atoms with van der Waals surface area (Å²) in [5, 5.41) is 2.55. The number of hydrogen-bond donors (Lipinski definition) is 0. The highest BCUT2D eigenvalue weighted by atomic mass is 32.1. The predicted octanol–water partition coefficient (Wildman–Crippen LogP) is 14.9. The van der Waals surface area contributed by atoms with Crippen LogP contribution in [-0.2, 0) is 5.41 Å². The van der Waals surface area contributed by atoms with Crippen molar-refractivity contribution >= 4 is 31.5 Å². The quantitative estimate of drug-likeness (QED) is 0.174. The minimum absolute atomic E-state index is 0.433. The van der Waals surface area contributed by atoms with Crippen molar-refractivity contribution in [3.63, 3.8) is 0 Å². The van der Waals surface area contributed by atoms with E-state index in [1.54, 1.807) is 0 Å². The Hall–Kier alpha value is -7.79. The van der Waals surface area contributed by atoms with Crippen LogP contribution in [0.15, 0.2) is 212 Å². The Morgan fingerprint density at radius 1 is 0.339 bits per heavy atom. The van der Waals surface area contributed by atoms with Crippen LogP contribution in [0.4, 0.5) is 0 Å². The molecule has 0 N–H and O–H groups in total. The molecule has 4 heteroatoms. The molecule has 2 aliphatic rings. The maximum atomic E-state index is 5.31. The highest BCUT2D eigenvalue weighted by molar-refractivity contribution is 7.25. The molecule has 0 bridgehead atoms. The Morgan fingerprint density at radius 2 is 0.887 bits per heavy atom. The summed E-state index contributed by atoms with van der Waals surface area (Å²) in [5.74, 6) is 0.697. The van der Waals surface area contributed by atoms with Crippen molar-refractivity contribution in [3.05, 3.63) is 235 Å². The van der Waals surface area contributed by atoms with Gasteiger partial charge >= 0.3 is 0 Å². The predicted molar refractivity (Wildman–Crippen MR) is 256 cm³/mol. The average molecular weight is 806 g/mol. The summed E-state index contributed by atoms with van der Waals surface area (Å²) in [5.41, 5.74) is 19.1. The molecule has 11 aromatic rings. The summed E-state index contributed by atoms with van der Waals surface area (Å²) in [6.45, 7) is 0. The number of rotatable bonds is 5. The van der Waals surface area contributed by atoms with Crippen LogP contribution in [0.5, 0.6) is 0 Å². The lowest BCUT2D eigenvalue weighted by Gasteiger charge is -2.30. The summed E-state index contributed by atoms with van der Waals surface area (Å²) in [4.78, 5) is 15.5. The third-order valence-corrected chi connectivity index (χ3v) is 14.2. The molecular formula is C58H35N3S. The van der Waals surface area contributed by atoms with Crippen LogP contribution < -0.4 is 0 Å². The Labute approximate surface area is 363 Å².